The van der Waals surface area contributed by atoms with Gasteiger partial charge in [0.25, 0.3) is 0 Å². The fraction of sp³-hybridized carbons (Fsp3) is 0.158. The van der Waals surface area contributed by atoms with Crippen molar-refractivity contribution in [1.82, 2.24) is 4.98 Å². The molecule has 0 spiro atoms. The first kappa shape index (κ1) is 19.7. The van der Waals surface area contributed by atoms with Crippen molar-refractivity contribution < 1.29 is 39.5 Å². The predicted octanol–water partition coefficient (Wildman–Crippen LogP) is 0.0453. The van der Waals surface area contributed by atoms with Gasteiger partial charge < -0.3 is 14.8 Å². The molecule has 0 amide bonds. The molecule has 6 heteroatoms. The number of carbonyl (C=O) groups is 1. The predicted molar refractivity (Wildman–Crippen MR) is 97.9 cm³/mol. The second kappa shape index (κ2) is 8.63. The van der Waals surface area contributed by atoms with Crippen LogP contribution >= 0.6 is 11.3 Å². The normalized spacial score (nSPS) is 12.1. The number of hydrogen-bond acceptors (Lipinski definition) is 5. The van der Waals surface area contributed by atoms with Gasteiger partial charge in [-0.2, -0.15) is 0 Å². The summed E-state index contributed by atoms with van der Waals surface area (Å²) in [4.78, 5) is 17.2. The van der Waals surface area contributed by atoms with E-state index in [1.807, 2.05) is 54.6 Å². The number of aromatic nitrogens is 1. The summed E-state index contributed by atoms with van der Waals surface area (Å²) in [6, 6.07) is 15.1. The van der Waals surface area contributed by atoms with Crippen molar-refractivity contribution >= 4 is 45.4 Å². The van der Waals surface area contributed by atoms with E-state index in [0.29, 0.717) is 0 Å². The number of carboxylic acids is 1. The molecule has 25 heavy (non-hydrogen) atoms. The Morgan fingerprint density at radius 2 is 1.84 bits per heavy atom. The van der Waals surface area contributed by atoms with Crippen LogP contribution in [0.4, 0.5) is 5.69 Å². The number of nitrogens with zero attached hydrogens (tertiary/aromatic N) is 2. The van der Waals surface area contributed by atoms with Crippen LogP contribution in [-0.2, 0) is 4.79 Å². The maximum atomic E-state index is 10.9. The molecule has 1 unspecified atom stereocenters. The van der Waals surface area contributed by atoms with Crippen molar-refractivity contribution in [3.05, 3.63) is 59.1 Å². The molecule has 0 N–H and O–H groups in total. The minimum absolute atomic E-state index is 0. The number of carboxylic acid groups (broad SMARTS) is 1. The first-order valence-electron chi connectivity index (χ1n) is 7.62. The van der Waals surface area contributed by atoms with Crippen molar-refractivity contribution in [3.8, 4) is 0 Å². The molecule has 0 saturated carbocycles. The molecule has 1 heterocycles. The third-order valence-corrected chi connectivity index (χ3v) is 4.95. The molecular formula is C19H17N2NaO2S. The van der Waals surface area contributed by atoms with Gasteiger partial charge in [0.05, 0.1) is 22.2 Å². The van der Waals surface area contributed by atoms with Gasteiger partial charge in [-0.3, -0.25) is 0 Å². The molecular weight excluding hydrogens is 343 g/mol. The standard InChI is InChI=1S/C19H18N2O2S.Na/c1-13(19(22)23)21(2)15-10-7-14(8-11-15)9-12-18-20-16-5-3-4-6-17(16)24-18;/h3-13H,1-2H3,(H,22,23);/q;+1/p-1. The van der Waals surface area contributed by atoms with Crippen LogP contribution in [0.15, 0.2) is 48.5 Å². The molecule has 0 aliphatic heterocycles. The van der Waals surface area contributed by atoms with E-state index >= 15 is 0 Å². The first-order valence-corrected chi connectivity index (χ1v) is 8.43. The molecule has 3 rings (SSSR count). The molecule has 122 valence electrons. The Morgan fingerprint density at radius 3 is 2.48 bits per heavy atom. The second-order valence-corrected chi connectivity index (χ2v) is 6.61. The molecule has 0 radical (unpaired) electrons. The van der Waals surface area contributed by atoms with Gasteiger partial charge in [-0.05, 0) is 42.8 Å². The van der Waals surface area contributed by atoms with Gasteiger partial charge in [-0.25, -0.2) is 4.98 Å². The molecule has 4 nitrogen and oxygen atoms in total. The number of fused-ring (bicyclic) bond motifs is 1. The average molecular weight is 360 g/mol. The van der Waals surface area contributed by atoms with Crippen LogP contribution in [0.3, 0.4) is 0 Å². The Hall–Kier alpha value is -1.66. The molecule has 3 aromatic rings. The van der Waals surface area contributed by atoms with Crippen molar-refractivity contribution in [2.45, 2.75) is 13.0 Å². The summed E-state index contributed by atoms with van der Waals surface area (Å²) < 4.78 is 1.17. The van der Waals surface area contributed by atoms with Gasteiger partial charge in [0.15, 0.2) is 0 Å². The van der Waals surface area contributed by atoms with Crippen molar-refractivity contribution in [2.75, 3.05) is 11.9 Å². The number of rotatable bonds is 5. The van der Waals surface area contributed by atoms with E-state index in [1.165, 1.54) is 4.70 Å². The van der Waals surface area contributed by atoms with Gasteiger partial charge >= 0.3 is 29.6 Å². The Kier molecular flexibility index (Phi) is 6.79. The Labute approximate surface area is 173 Å². The quantitative estimate of drug-likeness (QED) is 0.603. The minimum atomic E-state index is -1.09. The van der Waals surface area contributed by atoms with E-state index in [0.717, 1.165) is 21.8 Å². The summed E-state index contributed by atoms with van der Waals surface area (Å²) >= 11 is 1.65. The van der Waals surface area contributed by atoms with E-state index in [4.69, 9.17) is 0 Å². The van der Waals surface area contributed by atoms with Gasteiger partial charge in [-0.15, -0.1) is 11.3 Å². The van der Waals surface area contributed by atoms with Crippen molar-refractivity contribution in [3.63, 3.8) is 0 Å². The maximum absolute atomic E-state index is 10.9. The van der Waals surface area contributed by atoms with E-state index in [-0.39, 0.29) is 29.6 Å². The third kappa shape index (κ3) is 4.70. The largest absolute Gasteiger partial charge is 1.00 e. The van der Waals surface area contributed by atoms with E-state index in [9.17, 15) is 9.90 Å². The zero-order valence-corrected chi connectivity index (χ0v) is 17.3. The number of benzene rings is 2. The van der Waals surface area contributed by atoms with Gasteiger partial charge in [0.2, 0.25) is 0 Å². The topological polar surface area (TPSA) is 56.3 Å². The number of likely N-dealkylation sites (N-methyl/N-ethyl adjacent to an activating group) is 1. The van der Waals surface area contributed by atoms with Gasteiger partial charge in [0.1, 0.15) is 5.01 Å². The number of carbonyl (C=O) groups excluding carboxylic acids is 1. The second-order valence-electron chi connectivity index (χ2n) is 5.55. The van der Waals surface area contributed by atoms with Crippen LogP contribution in [0.25, 0.3) is 22.4 Å². The maximum Gasteiger partial charge on any atom is 1.00 e. The van der Waals surface area contributed by atoms with Crippen LogP contribution in [-0.4, -0.2) is 24.0 Å². The summed E-state index contributed by atoms with van der Waals surface area (Å²) in [5.41, 5.74) is 2.88. The Balaban J connectivity index is 0.00000225. The molecule has 0 fully saturated rings. The number of aliphatic carboxylic acids is 1. The first-order chi connectivity index (χ1) is 11.5. The number of hydrogen-bond donors (Lipinski definition) is 0. The van der Waals surface area contributed by atoms with Crippen molar-refractivity contribution in [2.24, 2.45) is 0 Å². The molecule has 1 atom stereocenters. The van der Waals surface area contributed by atoms with Crippen molar-refractivity contribution in [1.29, 1.82) is 0 Å². The molecule has 0 saturated heterocycles. The summed E-state index contributed by atoms with van der Waals surface area (Å²) in [6.07, 6.45) is 4.00. The molecule has 0 bridgehead atoms. The number of anilines is 1. The summed E-state index contributed by atoms with van der Waals surface area (Å²) in [5.74, 6) is -1.09. The molecule has 0 aliphatic rings. The van der Waals surface area contributed by atoms with Gasteiger partial charge in [0, 0.05) is 12.7 Å². The Bertz CT molecular complexity index is 857. The summed E-state index contributed by atoms with van der Waals surface area (Å²) in [5, 5.41) is 11.9. The average Bonchev–Trinajstić information content (AvgIpc) is 3.02. The van der Waals surface area contributed by atoms with E-state index in [2.05, 4.69) is 11.1 Å². The summed E-state index contributed by atoms with van der Waals surface area (Å²) in [7, 11) is 1.74. The molecule has 0 aliphatic carbocycles. The minimum Gasteiger partial charge on any atom is -0.548 e. The number of para-hydroxylation sites is 1. The summed E-state index contributed by atoms with van der Waals surface area (Å²) in [6.45, 7) is 1.61. The fourth-order valence-corrected chi connectivity index (χ4v) is 3.20. The fourth-order valence-electron chi connectivity index (χ4n) is 2.33. The monoisotopic (exact) mass is 360 g/mol. The van der Waals surface area contributed by atoms with Crippen LogP contribution in [0.5, 0.6) is 0 Å². The molecule has 2 aromatic carbocycles. The molecule has 1 aromatic heterocycles. The van der Waals surface area contributed by atoms with Gasteiger partial charge in [-0.1, -0.05) is 30.3 Å². The number of thiazole rings is 1. The Morgan fingerprint density at radius 1 is 1.16 bits per heavy atom. The SMILES string of the molecule is CC(C(=O)[O-])N(C)c1ccc(C=Cc2nc3ccccc3s2)cc1.[Na+]. The van der Waals surface area contributed by atoms with Crippen LogP contribution in [0.1, 0.15) is 17.5 Å². The smallest absolute Gasteiger partial charge is 0.548 e. The van der Waals surface area contributed by atoms with Crippen LogP contribution < -0.4 is 39.6 Å². The zero-order valence-electron chi connectivity index (χ0n) is 14.5. The third-order valence-electron chi connectivity index (χ3n) is 3.95. The van der Waals surface area contributed by atoms with Crippen LogP contribution in [0.2, 0.25) is 0 Å². The zero-order chi connectivity index (χ0) is 17.1. The van der Waals surface area contributed by atoms with E-state index in [1.54, 1.807) is 30.2 Å². The van der Waals surface area contributed by atoms with E-state index < -0.39 is 12.0 Å². The van der Waals surface area contributed by atoms with Crippen LogP contribution in [0, 0.1) is 0 Å².